The first-order valence-corrected chi connectivity index (χ1v) is 19.4. The minimum absolute atomic E-state index is 0.00463. The van der Waals surface area contributed by atoms with Gasteiger partial charge in [0.25, 0.3) is 0 Å². The summed E-state index contributed by atoms with van der Waals surface area (Å²) in [4.78, 5) is 30.5. The monoisotopic (exact) mass is 718 g/mol. The van der Waals surface area contributed by atoms with Crippen LogP contribution in [0.1, 0.15) is 90.0 Å². The number of esters is 1. The van der Waals surface area contributed by atoms with Crippen LogP contribution < -0.4 is 19.9 Å². The molecule has 0 rings (SSSR count). The molecule has 0 aliphatic carbocycles. The van der Waals surface area contributed by atoms with E-state index in [1.807, 2.05) is 13.8 Å². The van der Waals surface area contributed by atoms with Crippen molar-refractivity contribution in [1.82, 2.24) is 14.8 Å². The van der Waals surface area contributed by atoms with Crippen LogP contribution in [0.3, 0.4) is 0 Å². The molecular weight excluding hydrogens is 657 g/mol. The molecule has 45 heavy (non-hydrogen) atoms. The van der Waals surface area contributed by atoms with Crippen molar-refractivity contribution in [2.24, 2.45) is 17.0 Å². The molecule has 0 spiro atoms. The average Bonchev–Trinajstić information content (AvgIpc) is 2.76. The average molecular weight is 719 g/mol. The number of nitrogens with two attached hydrogens (primary N) is 1. The zero-order chi connectivity index (χ0) is 37.9. The highest BCUT2D eigenvalue weighted by molar-refractivity contribution is 7.89. The van der Waals surface area contributed by atoms with Gasteiger partial charge < -0.3 is 19.9 Å². The Hall–Kier alpha value is -2.06. The van der Waals surface area contributed by atoms with E-state index >= 15 is 0 Å². The molecule has 0 aliphatic rings. The summed E-state index contributed by atoms with van der Waals surface area (Å²) in [7, 11) is -7.80. The summed E-state index contributed by atoms with van der Waals surface area (Å²) in [6.45, 7) is 23.0. The van der Waals surface area contributed by atoms with Gasteiger partial charge in [-0.3, -0.25) is 9.59 Å². The molecule has 6 N–H and O–H groups in total. The van der Waals surface area contributed by atoms with Gasteiger partial charge in [0.2, 0.25) is 30.1 Å². The number of carbonyl (C=O) groups excluding carboxylic acids is 2. The molecule has 0 saturated carbocycles. The molecule has 0 bridgehead atoms. The van der Waals surface area contributed by atoms with Crippen molar-refractivity contribution < 1.29 is 54.2 Å². The van der Waals surface area contributed by atoms with Gasteiger partial charge >= 0.3 is 18.0 Å². The number of carbonyl (C=O) groups is 3. The summed E-state index contributed by atoms with van der Waals surface area (Å²) in [5.41, 5.74) is 0. The number of ether oxygens (including phenoxy) is 2. The number of nitrogens with one attached hydrogen (secondary N) is 3. The van der Waals surface area contributed by atoms with E-state index < -0.39 is 41.3 Å². The van der Waals surface area contributed by atoms with Crippen LogP contribution in [0.2, 0.25) is 0 Å². The molecule has 0 aliphatic heterocycles. The van der Waals surface area contributed by atoms with E-state index in [-0.39, 0.29) is 42.0 Å². The molecule has 0 atom stereocenters. The Morgan fingerprint density at radius 2 is 0.978 bits per heavy atom. The lowest BCUT2D eigenvalue weighted by Gasteiger charge is -2.06. The number of hydrogen-bond acceptors (Lipinski definition) is 11. The second-order valence-electron chi connectivity index (χ2n) is 10.9. The number of hydrogen-bond donors (Lipinski definition) is 5. The van der Waals surface area contributed by atoms with Crippen LogP contribution in [0.25, 0.3) is 0 Å². The van der Waals surface area contributed by atoms with E-state index in [9.17, 15) is 39.6 Å². The zero-order valence-corrected chi connectivity index (χ0v) is 32.4. The number of methoxy groups -OCH3 is 1. The first-order valence-electron chi connectivity index (χ1n) is 14.0. The van der Waals surface area contributed by atoms with Gasteiger partial charge in [-0.15, -0.1) is 0 Å². The first-order chi connectivity index (χ1) is 19.8. The predicted molar refractivity (Wildman–Crippen MR) is 179 cm³/mol. The van der Waals surface area contributed by atoms with Crippen molar-refractivity contribution in [3.8, 4) is 0 Å². The highest BCUT2D eigenvalue weighted by Crippen LogP contribution is 1.92. The second kappa shape index (κ2) is 29.3. The van der Waals surface area contributed by atoms with Gasteiger partial charge in [0.15, 0.2) is 0 Å². The molecule has 0 heterocycles. The fourth-order valence-corrected chi connectivity index (χ4v) is 3.21. The van der Waals surface area contributed by atoms with E-state index in [1.165, 1.54) is 21.0 Å². The van der Waals surface area contributed by atoms with Crippen molar-refractivity contribution in [3.05, 3.63) is 0 Å². The summed E-state index contributed by atoms with van der Waals surface area (Å²) in [6, 6.07) is 0.166. The third kappa shape index (κ3) is 69.9. The van der Waals surface area contributed by atoms with Crippen molar-refractivity contribution in [3.63, 3.8) is 0 Å². The molecule has 0 saturated heterocycles. The van der Waals surface area contributed by atoms with Crippen LogP contribution in [-0.4, -0.2) is 98.0 Å². The van der Waals surface area contributed by atoms with Gasteiger partial charge in [-0.25, -0.2) is 44.6 Å². The molecule has 0 aromatic carbocycles. The van der Waals surface area contributed by atoms with Gasteiger partial charge in [-0.1, -0.05) is 27.7 Å². The number of rotatable bonds is 9. The van der Waals surface area contributed by atoms with E-state index in [4.69, 9.17) is 5.11 Å². The molecule has 0 aromatic heterocycles. The first kappa shape index (κ1) is 55.4. The molecule has 0 unspecified atom stereocenters. The van der Waals surface area contributed by atoms with E-state index in [2.05, 4.69) is 29.4 Å². The number of amides is 1. The fraction of sp³-hybridized carbons (Fsp3) is 0.885. The lowest BCUT2D eigenvalue weighted by molar-refractivity contribution is -0.144. The van der Waals surface area contributed by atoms with Crippen molar-refractivity contribution >= 4 is 48.1 Å². The van der Waals surface area contributed by atoms with Crippen LogP contribution in [0, 0.1) is 11.8 Å². The molecular formula is C26H62N4O12S3. The second-order valence-corrected chi connectivity index (χ2v) is 16.6. The van der Waals surface area contributed by atoms with Gasteiger partial charge in [-0.05, 0) is 62.3 Å². The summed E-state index contributed by atoms with van der Waals surface area (Å²) in [6.07, 6.45) is 1.95. The molecule has 0 aromatic rings. The van der Waals surface area contributed by atoms with Crippen molar-refractivity contribution in [2.45, 2.75) is 113 Å². The molecule has 0 fully saturated rings. The van der Waals surface area contributed by atoms with Gasteiger partial charge in [-0.2, -0.15) is 0 Å². The smallest absolute Gasteiger partial charge is 0.407 e. The Balaban J connectivity index is -0.000000102. The lowest BCUT2D eigenvalue weighted by Crippen LogP contribution is -2.30. The molecule has 0 radical (unpaired) electrons. The van der Waals surface area contributed by atoms with Gasteiger partial charge in [0.05, 0.1) is 43.3 Å². The fourth-order valence-electron chi connectivity index (χ4n) is 1.50. The Morgan fingerprint density at radius 3 is 1.04 bits per heavy atom. The van der Waals surface area contributed by atoms with E-state index in [0.717, 1.165) is 12.5 Å². The number of carboxylic acid groups (broad SMARTS) is 1. The topological polar surface area (TPSA) is 254 Å². The third-order valence-electron chi connectivity index (χ3n) is 3.41. The normalized spacial score (nSPS) is 10.9. The lowest BCUT2D eigenvalue weighted by atomic mass is 10.2. The van der Waals surface area contributed by atoms with Crippen molar-refractivity contribution in [2.75, 3.05) is 26.2 Å². The minimum Gasteiger partial charge on any atom is -0.481 e. The Kier molecular flexibility index (Phi) is 36.1. The highest BCUT2D eigenvalue weighted by atomic mass is 32.2. The summed E-state index contributed by atoms with van der Waals surface area (Å²) < 4.78 is 75.2. The number of alkyl carbamates (subject to hydrolysis) is 1. The number of aliphatic carboxylic acids is 1. The number of primary sulfonamides is 1. The zero-order valence-electron chi connectivity index (χ0n) is 29.9. The Morgan fingerprint density at radius 1 is 0.689 bits per heavy atom. The Labute approximate surface area is 273 Å². The summed E-state index contributed by atoms with van der Waals surface area (Å²) in [5.74, 6) is -1.12. The maximum Gasteiger partial charge on any atom is 0.407 e. The van der Waals surface area contributed by atoms with E-state index in [0.29, 0.717) is 6.61 Å². The summed E-state index contributed by atoms with van der Waals surface area (Å²) in [5, 5.41) is 14.8. The van der Waals surface area contributed by atoms with Crippen molar-refractivity contribution in [1.29, 1.82) is 0 Å². The van der Waals surface area contributed by atoms with E-state index in [1.54, 1.807) is 62.3 Å². The highest BCUT2D eigenvalue weighted by Gasteiger charge is 2.06. The van der Waals surface area contributed by atoms with Crippen LogP contribution >= 0.6 is 0 Å². The largest absolute Gasteiger partial charge is 0.481 e. The quantitative estimate of drug-likeness (QED) is 0.215. The van der Waals surface area contributed by atoms with Crippen LogP contribution in [-0.2, 0) is 49.1 Å². The van der Waals surface area contributed by atoms with Crippen LogP contribution in [0.5, 0.6) is 0 Å². The Bertz CT molecular complexity index is 1050. The SMILES string of the molecule is CC(C)C(=O)O.CC(C)NS(C)(=O)=O.CC(C)NS(C)(=O)=O.CC(C)S(N)(=O)=O.CCOC(=O)NC(C)C.COC(=O)C(C)C. The van der Waals surface area contributed by atoms with Crippen LogP contribution in [0.15, 0.2) is 0 Å². The standard InChI is InChI=1S/C6H13NO2.C5H10O2.2C4H11NO2S.C4H8O2.C3H9NO2S/c1-4-9-6(8)7-5(2)3;1-4(2)5(6)7-3;2*1-4(2)5-8(3,6)7;1-3(2)4(5)6;1-3(2)7(4,5)6/h5H,4H2,1-3H3,(H,7,8);4H,1-3H3;2*4-5H,1-3H3;3H,1-2H3,(H,5,6);3H,1-2H3,(H2,4,5,6). The maximum absolute atomic E-state index is 10.5. The molecule has 276 valence electrons. The third-order valence-corrected chi connectivity index (χ3v) is 6.52. The number of sulfonamides is 3. The maximum atomic E-state index is 10.5. The van der Waals surface area contributed by atoms with Gasteiger partial charge in [0, 0.05) is 18.1 Å². The molecule has 1 amide bonds. The van der Waals surface area contributed by atoms with Crippen LogP contribution in [0.4, 0.5) is 4.79 Å². The minimum atomic E-state index is -3.24. The molecule has 16 nitrogen and oxygen atoms in total. The predicted octanol–water partition coefficient (Wildman–Crippen LogP) is 2.25. The molecule has 19 heteroatoms. The number of carboxylic acids is 1. The van der Waals surface area contributed by atoms with Gasteiger partial charge in [0.1, 0.15) is 0 Å². The summed E-state index contributed by atoms with van der Waals surface area (Å²) >= 11 is 0.